The lowest BCUT2D eigenvalue weighted by molar-refractivity contribution is -0.137. The van der Waals surface area contributed by atoms with Crippen molar-refractivity contribution in [1.29, 1.82) is 0 Å². The summed E-state index contributed by atoms with van der Waals surface area (Å²) < 4.78 is 34.4. The Bertz CT molecular complexity index is 1410. The van der Waals surface area contributed by atoms with E-state index in [2.05, 4.69) is 26.1 Å². The molecule has 2 aromatic rings. The zero-order chi connectivity index (χ0) is 31.1. The third-order valence-electron chi connectivity index (χ3n) is 9.16. The van der Waals surface area contributed by atoms with Gasteiger partial charge in [0.25, 0.3) is 11.8 Å². The number of carboxylic acid groups (broad SMARTS) is 1. The van der Waals surface area contributed by atoms with Gasteiger partial charge in [-0.15, -0.1) is 0 Å². The van der Waals surface area contributed by atoms with Gasteiger partial charge in [-0.25, -0.2) is 8.78 Å². The molecule has 0 bridgehead atoms. The van der Waals surface area contributed by atoms with Crippen molar-refractivity contribution in [1.82, 2.24) is 10.2 Å². The topological polar surface area (TPSA) is 108 Å². The van der Waals surface area contributed by atoms with Gasteiger partial charge in [0.1, 0.15) is 11.4 Å². The zero-order valence-electron chi connectivity index (χ0n) is 25.1. The highest BCUT2D eigenvalue weighted by Crippen LogP contribution is 2.54. The summed E-state index contributed by atoms with van der Waals surface area (Å²) in [6, 6.07) is 8.93. The van der Waals surface area contributed by atoms with E-state index in [1.807, 2.05) is 17.0 Å². The first-order valence-corrected chi connectivity index (χ1v) is 14.9. The number of rotatable bonds is 9. The quantitative estimate of drug-likeness (QED) is 0.376. The van der Waals surface area contributed by atoms with Crippen LogP contribution in [0.3, 0.4) is 0 Å². The number of aliphatic imine (C=N–C) groups is 1. The van der Waals surface area contributed by atoms with Gasteiger partial charge in [-0.05, 0) is 85.6 Å². The second-order valence-corrected chi connectivity index (χ2v) is 13.0. The highest BCUT2D eigenvalue weighted by molar-refractivity contribution is 6.46. The van der Waals surface area contributed by atoms with E-state index in [4.69, 9.17) is 14.8 Å². The minimum atomic E-state index is -0.995. The average molecular weight is 596 g/mol. The van der Waals surface area contributed by atoms with E-state index in [9.17, 15) is 23.2 Å². The van der Waals surface area contributed by atoms with Crippen LogP contribution in [0, 0.1) is 28.9 Å². The van der Waals surface area contributed by atoms with E-state index >= 15 is 0 Å². The number of carbonyl (C=O) groups excluding carboxylic acids is 2. The maximum atomic E-state index is 14.8. The fraction of sp³-hybridized carbons (Fsp3) is 0.515. The molecule has 2 aliphatic carbocycles. The predicted molar refractivity (Wildman–Crippen MR) is 157 cm³/mol. The fourth-order valence-corrected chi connectivity index (χ4v) is 6.64. The monoisotopic (exact) mass is 595 g/mol. The molecule has 0 unspecified atom stereocenters. The average Bonchev–Trinajstić information content (AvgIpc) is 3.75. The molecule has 1 aliphatic heterocycles. The van der Waals surface area contributed by atoms with Crippen molar-refractivity contribution in [2.75, 3.05) is 13.7 Å². The maximum absolute atomic E-state index is 14.8. The number of nitrogens with zero attached hydrogens (tertiary/aromatic N) is 2. The normalized spacial score (nSPS) is 22.8. The molecule has 0 saturated heterocycles. The third-order valence-corrected chi connectivity index (χ3v) is 9.16. The van der Waals surface area contributed by atoms with Crippen LogP contribution in [0.15, 0.2) is 41.4 Å². The fourth-order valence-electron chi connectivity index (χ4n) is 6.64. The van der Waals surface area contributed by atoms with E-state index in [-0.39, 0.29) is 53.4 Å². The number of carbonyl (C=O) groups is 3. The van der Waals surface area contributed by atoms with Crippen LogP contribution in [0.25, 0.3) is 0 Å². The number of nitrogens with one attached hydrogen (secondary N) is 1. The number of amides is 2. The lowest BCUT2D eigenvalue weighted by atomic mass is 9.69. The zero-order valence-corrected chi connectivity index (χ0v) is 25.1. The first-order valence-electron chi connectivity index (χ1n) is 14.9. The van der Waals surface area contributed by atoms with Gasteiger partial charge < -0.3 is 20.1 Å². The summed E-state index contributed by atoms with van der Waals surface area (Å²) in [5.74, 6) is -3.38. The SMILES string of the molecule is COc1c(F)cc(C2=NC3(CCC(C(C)(C)C)CC3)N([C@@H](c3ccc(C(=O)NCCC(=O)O)cc3)C3CC3)C2=O)cc1F. The number of halogens is 2. The van der Waals surface area contributed by atoms with E-state index < -0.39 is 29.0 Å². The van der Waals surface area contributed by atoms with Crippen LogP contribution in [0.1, 0.15) is 93.2 Å². The molecule has 1 heterocycles. The summed E-state index contributed by atoms with van der Waals surface area (Å²) in [6.07, 6.45) is 4.68. The number of benzene rings is 2. The Morgan fingerprint density at radius 1 is 1.09 bits per heavy atom. The van der Waals surface area contributed by atoms with Gasteiger partial charge in [0.15, 0.2) is 17.4 Å². The van der Waals surface area contributed by atoms with Gasteiger partial charge in [-0.2, -0.15) is 0 Å². The first kappa shape index (κ1) is 30.6. The molecule has 2 N–H and O–H groups in total. The highest BCUT2D eigenvalue weighted by Gasteiger charge is 2.55. The molecule has 2 fully saturated rings. The Morgan fingerprint density at radius 2 is 1.70 bits per heavy atom. The molecular weight excluding hydrogens is 556 g/mol. The van der Waals surface area contributed by atoms with Crippen LogP contribution in [-0.4, -0.2) is 52.8 Å². The van der Waals surface area contributed by atoms with Crippen LogP contribution in [-0.2, 0) is 9.59 Å². The molecule has 3 aliphatic rings. The van der Waals surface area contributed by atoms with Crippen molar-refractivity contribution in [3.05, 3.63) is 64.7 Å². The third kappa shape index (κ3) is 6.15. The van der Waals surface area contributed by atoms with Crippen molar-refractivity contribution in [3.8, 4) is 5.75 Å². The number of carboxylic acids is 1. The molecular formula is C33H39F2N3O5. The van der Waals surface area contributed by atoms with Crippen molar-refractivity contribution >= 4 is 23.5 Å². The van der Waals surface area contributed by atoms with E-state index in [0.717, 1.165) is 43.4 Å². The summed E-state index contributed by atoms with van der Waals surface area (Å²) in [4.78, 5) is 44.6. The Balaban J connectivity index is 1.50. The molecule has 8 nitrogen and oxygen atoms in total. The lowest BCUT2D eigenvalue weighted by Gasteiger charge is -2.47. The smallest absolute Gasteiger partial charge is 0.305 e. The molecule has 5 rings (SSSR count). The Kier molecular flexibility index (Phi) is 8.33. The molecule has 1 spiro atoms. The Labute approximate surface area is 250 Å². The van der Waals surface area contributed by atoms with Crippen molar-refractivity contribution < 1.29 is 33.0 Å². The minimum absolute atomic E-state index is 0.0215. The molecule has 230 valence electrons. The summed E-state index contributed by atoms with van der Waals surface area (Å²) in [6.45, 7) is 6.68. The molecule has 0 aromatic heterocycles. The number of hydrogen-bond acceptors (Lipinski definition) is 5. The van der Waals surface area contributed by atoms with E-state index in [0.29, 0.717) is 24.3 Å². The van der Waals surface area contributed by atoms with Gasteiger partial charge in [0.2, 0.25) is 0 Å². The lowest BCUT2D eigenvalue weighted by Crippen LogP contribution is -2.52. The van der Waals surface area contributed by atoms with Gasteiger partial charge in [0, 0.05) is 17.7 Å². The molecule has 2 saturated carbocycles. The van der Waals surface area contributed by atoms with Crippen molar-refractivity contribution in [2.24, 2.45) is 22.2 Å². The first-order chi connectivity index (χ1) is 20.3. The molecule has 43 heavy (non-hydrogen) atoms. The Morgan fingerprint density at radius 3 is 2.21 bits per heavy atom. The molecule has 0 radical (unpaired) electrons. The van der Waals surface area contributed by atoms with Crippen LogP contribution in [0.4, 0.5) is 8.78 Å². The second-order valence-electron chi connectivity index (χ2n) is 13.0. The highest BCUT2D eigenvalue weighted by atomic mass is 19.1. The molecule has 2 aromatic carbocycles. The number of ether oxygens (including phenoxy) is 1. The van der Waals surface area contributed by atoms with Gasteiger partial charge in [-0.3, -0.25) is 19.4 Å². The van der Waals surface area contributed by atoms with Crippen LogP contribution in [0.5, 0.6) is 5.75 Å². The predicted octanol–water partition coefficient (Wildman–Crippen LogP) is 5.89. The van der Waals surface area contributed by atoms with Gasteiger partial charge in [0.05, 0.1) is 19.6 Å². The van der Waals surface area contributed by atoms with E-state index in [1.54, 1.807) is 12.1 Å². The minimum Gasteiger partial charge on any atom is -0.491 e. The molecule has 10 heteroatoms. The van der Waals surface area contributed by atoms with Gasteiger partial charge >= 0.3 is 5.97 Å². The summed E-state index contributed by atoms with van der Waals surface area (Å²) >= 11 is 0. The van der Waals surface area contributed by atoms with Crippen molar-refractivity contribution in [2.45, 2.75) is 77.4 Å². The molecule has 1 atom stereocenters. The van der Waals surface area contributed by atoms with Crippen molar-refractivity contribution in [3.63, 3.8) is 0 Å². The largest absolute Gasteiger partial charge is 0.491 e. The summed E-state index contributed by atoms with van der Waals surface area (Å²) in [5, 5.41) is 11.5. The summed E-state index contributed by atoms with van der Waals surface area (Å²) in [5.41, 5.74) is 0.636. The number of aliphatic carboxylic acids is 1. The molecule has 2 amide bonds. The van der Waals surface area contributed by atoms with Gasteiger partial charge in [-0.1, -0.05) is 32.9 Å². The van der Waals surface area contributed by atoms with Crippen LogP contribution >= 0.6 is 0 Å². The van der Waals surface area contributed by atoms with E-state index in [1.165, 1.54) is 7.11 Å². The Hall–Kier alpha value is -3.82. The van der Waals surface area contributed by atoms with Crippen LogP contribution in [0.2, 0.25) is 0 Å². The summed E-state index contributed by atoms with van der Waals surface area (Å²) in [7, 11) is 1.19. The number of methoxy groups -OCH3 is 1. The standard InChI is InChI=1S/C33H39F2N3O5/c1-32(2,3)23-11-14-33(15-12-23)37-27(22-17-24(34)29(43-4)25(35)18-22)31(42)38(33)28(19-5-6-19)20-7-9-21(10-8-20)30(41)36-16-13-26(39)40/h7-10,17-19,23,28H,5-6,11-16H2,1-4H3,(H,36,41)(H,39,40)/t23?,28-,33?/m1/s1. The maximum Gasteiger partial charge on any atom is 0.305 e. The number of hydrogen-bond donors (Lipinski definition) is 2. The second kappa shape index (κ2) is 11.7. The van der Waals surface area contributed by atoms with Crippen LogP contribution < -0.4 is 10.1 Å².